The Kier molecular flexibility index (Phi) is 4.49. The molecular weight excluding hydrogens is 428 g/mol. The molecule has 4 nitrogen and oxygen atoms in total. The quantitative estimate of drug-likeness (QED) is 0.290. The first-order valence-electron chi connectivity index (χ1n) is 11.8. The molecule has 6 aromatic rings. The van der Waals surface area contributed by atoms with Crippen molar-refractivity contribution in [3.63, 3.8) is 0 Å². The summed E-state index contributed by atoms with van der Waals surface area (Å²) in [5.74, 6) is 1.91. The van der Waals surface area contributed by atoms with Gasteiger partial charge in [-0.1, -0.05) is 84.9 Å². The molecule has 0 saturated carbocycles. The van der Waals surface area contributed by atoms with Crippen LogP contribution < -0.4 is 0 Å². The van der Waals surface area contributed by atoms with Crippen LogP contribution in [0, 0.1) is 0 Å². The van der Waals surface area contributed by atoms with Crippen LogP contribution in [0.15, 0.2) is 122 Å². The van der Waals surface area contributed by atoms with Crippen molar-refractivity contribution in [2.45, 2.75) is 6.42 Å². The van der Waals surface area contributed by atoms with Crippen molar-refractivity contribution >= 4 is 0 Å². The lowest BCUT2D eigenvalue weighted by Crippen LogP contribution is -2.02. The maximum Gasteiger partial charge on any atom is 0.144 e. The molecule has 1 aliphatic rings. The van der Waals surface area contributed by atoms with E-state index in [1.807, 2.05) is 24.5 Å². The Morgan fingerprint density at radius 1 is 0.486 bits per heavy atom. The molecule has 2 aromatic heterocycles. The summed E-state index contributed by atoms with van der Waals surface area (Å²) in [7, 11) is 0. The lowest BCUT2D eigenvalue weighted by molar-refractivity contribution is 1.02. The second-order valence-corrected chi connectivity index (χ2v) is 8.76. The van der Waals surface area contributed by atoms with Crippen molar-refractivity contribution in [1.29, 1.82) is 0 Å². The second-order valence-electron chi connectivity index (χ2n) is 8.76. The Hall–Kier alpha value is -4.70. The van der Waals surface area contributed by atoms with Crippen LogP contribution in [0.3, 0.4) is 0 Å². The fraction of sp³-hybridized carbons (Fsp3) is 0.0323. The third-order valence-electron chi connectivity index (χ3n) is 6.81. The molecule has 4 heteroatoms. The molecule has 2 heterocycles. The fourth-order valence-electron chi connectivity index (χ4n) is 5.25. The highest BCUT2D eigenvalue weighted by Crippen LogP contribution is 2.43. The van der Waals surface area contributed by atoms with E-state index < -0.39 is 0 Å². The maximum absolute atomic E-state index is 4.69. The van der Waals surface area contributed by atoms with Crippen molar-refractivity contribution < 1.29 is 0 Å². The van der Waals surface area contributed by atoms with E-state index in [1.54, 1.807) is 0 Å². The average Bonchev–Trinajstić information content (AvgIpc) is 3.68. The SMILES string of the molecule is c1ccc(-c2nccn2-c2cccc3c2Cc2c-3cccc2-n2ccnc2-c2ccccc2)cc1. The summed E-state index contributed by atoms with van der Waals surface area (Å²) >= 11 is 0. The van der Waals surface area contributed by atoms with Crippen LogP contribution in [0.2, 0.25) is 0 Å². The zero-order chi connectivity index (χ0) is 23.2. The number of fused-ring (bicyclic) bond motifs is 3. The summed E-state index contributed by atoms with van der Waals surface area (Å²) in [6.07, 6.45) is 8.74. The maximum atomic E-state index is 4.69. The number of benzene rings is 4. The molecule has 0 saturated heterocycles. The molecule has 0 radical (unpaired) electrons. The summed E-state index contributed by atoms with van der Waals surface area (Å²) in [6, 6.07) is 33.9. The molecule has 7 rings (SSSR count). The van der Waals surface area contributed by atoms with Crippen LogP contribution in [0.1, 0.15) is 11.1 Å². The number of hydrogen-bond donors (Lipinski definition) is 0. The van der Waals surface area contributed by atoms with Gasteiger partial charge in [0.1, 0.15) is 11.6 Å². The number of hydrogen-bond acceptors (Lipinski definition) is 2. The van der Waals surface area contributed by atoms with E-state index in [0.29, 0.717) is 0 Å². The topological polar surface area (TPSA) is 35.6 Å². The molecule has 35 heavy (non-hydrogen) atoms. The van der Waals surface area contributed by atoms with E-state index in [-0.39, 0.29) is 0 Å². The largest absolute Gasteiger partial charge is 0.300 e. The first kappa shape index (κ1) is 19.7. The third kappa shape index (κ3) is 3.15. The fourth-order valence-corrected chi connectivity index (χ4v) is 5.25. The summed E-state index contributed by atoms with van der Waals surface area (Å²) in [5.41, 5.74) is 9.79. The highest BCUT2D eigenvalue weighted by molar-refractivity contribution is 5.83. The Balaban J connectivity index is 1.36. The van der Waals surface area contributed by atoms with Gasteiger partial charge in [-0.3, -0.25) is 9.13 Å². The van der Waals surface area contributed by atoms with Crippen LogP contribution in [0.4, 0.5) is 0 Å². The van der Waals surface area contributed by atoms with Gasteiger partial charge in [0.2, 0.25) is 0 Å². The number of nitrogens with zero attached hydrogens (tertiary/aromatic N) is 4. The van der Waals surface area contributed by atoms with Gasteiger partial charge in [-0.25, -0.2) is 9.97 Å². The van der Waals surface area contributed by atoms with Crippen molar-refractivity contribution in [1.82, 2.24) is 19.1 Å². The Morgan fingerprint density at radius 3 is 1.40 bits per heavy atom. The Morgan fingerprint density at radius 2 is 0.943 bits per heavy atom. The Labute approximate surface area is 203 Å². The normalized spacial score (nSPS) is 11.9. The molecule has 0 amide bonds. The van der Waals surface area contributed by atoms with E-state index in [0.717, 1.165) is 29.2 Å². The zero-order valence-electron chi connectivity index (χ0n) is 19.0. The van der Waals surface area contributed by atoms with E-state index in [1.165, 1.54) is 33.6 Å². The highest BCUT2D eigenvalue weighted by atomic mass is 15.1. The Bertz CT molecular complexity index is 1530. The van der Waals surface area contributed by atoms with Gasteiger partial charge in [0, 0.05) is 42.3 Å². The smallest absolute Gasteiger partial charge is 0.144 e. The summed E-state index contributed by atoms with van der Waals surface area (Å²) in [6.45, 7) is 0. The van der Waals surface area contributed by atoms with Crippen LogP contribution in [0.5, 0.6) is 0 Å². The minimum atomic E-state index is 0.857. The molecule has 166 valence electrons. The molecule has 0 unspecified atom stereocenters. The first-order chi connectivity index (χ1) is 17.4. The van der Waals surface area contributed by atoms with Crippen molar-refractivity contribution in [2.24, 2.45) is 0 Å². The number of imidazole rings is 2. The molecular formula is C31H22N4. The van der Waals surface area contributed by atoms with Crippen LogP contribution in [0.25, 0.3) is 45.3 Å². The van der Waals surface area contributed by atoms with Crippen molar-refractivity contribution in [3.8, 4) is 45.3 Å². The molecule has 0 bridgehead atoms. The van der Waals surface area contributed by atoms with Gasteiger partial charge in [-0.2, -0.15) is 0 Å². The van der Waals surface area contributed by atoms with Gasteiger partial charge < -0.3 is 0 Å². The first-order valence-corrected chi connectivity index (χ1v) is 11.8. The van der Waals surface area contributed by atoms with Crippen LogP contribution in [-0.2, 0) is 6.42 Å². The van der Waals surface area contributed by atoms with Gasteiger partial charge in [0.25, 0.3) is 0 Å². The average molecular weight is 451 g/mol. The summed E-state index contributed by atoms with van der Waals surface area (Å²) in [4.78, 5) is 9.38. The second kappa shape index (κ2) is 7.96. The van der Waals surface area contributed by atoms with Crippen LogP contribution in [-0.4, -0.2) is 19.1 Å². The van der Waals surface area contributed by atoms with Crippen molar-refractivity contribution in [3.05, 3.63) is 133 Å². The molecule has 0 atom stereocenters. The minimum absolute atomic E-state index is 0.857. The molecule has 0 aliphatic heterocycles. The van der Waals surface area contributed by atoms with Gasteiger partial charge in [-0.15, -0.1) is 0 Å². The van der Waals surface area contributed by atoms with E-state index in [4.69, 9.17) is 9.97 Å². The van der Waals surface area contributed by atoms with Gasteiger partial charge >= 0.3 is 0 Å². The predicted molar refractivity (Wildman–Crippen MR) is 140 cm³/mol. The highest BCUT2D eigenvalue weighted by Gasteiger charge is 2.26. The summed E-state index contributed by atoms with van der Waals surface area (Å²) in [5, 5.41) is 0. The van der Waals surface area contributed by atoms with E-state index in [9.17, 15) is 0 Å². The molecule has 0 spiro atoms. The third-order valence-corrected chi connectivity index (χ3v) is 6.81. The molecule has 4 aromatic carbocycles. The summed E-state index contributed by atoms with van der Waals surface area (Å²) < 4.78 is 4.43. The van der Waals surface area contributed by atoms with Gasteiger partial charge in [-0.05, 0) is 34.4 Å². The standard InChI is InChI=1S/C31H22N4/c1-3-9-22(10-4-1)30-32-17-19-34(30)28-15-7-13-24-25-14-8-16-29(27(25)21-26(24)28)35-20-18-33-31(35)23-11-5-2-6-12-23/h1-20H,21H2. The zero-order valence-corrected chi connectivity index (χ0v) is 19.0. The number of rotatable bonds is 4. The van der Waals surface area contributed by atoms with E-state index >= 15 is 0 Å². The van der Waals surface area contributed by atoms with Crippen molar-refractivity contribution in [2.75, 3.05) is 0 Å². The lowest BCUT2D eigenvalue weighted by atomic mass is 10.0. The molecule has 1 aliphatic carbocycles. The molecule has 0 N–H and O–H groups in total. The monoisotopic (exact) mass is 450 g/mol. The molecule has 0 fully saturated rings. The predicted octanol–water partition coefficient (Wildman–Crippen LogP) is 6.96. The van der Waals surface area contributed by atoms with E-state index in [2.05, 4.69) is 106 Å². The van der Waals surface area contributed by atoms with Gasteiger partial charge in [0.15, 0.2) is 0 Å². The number of aromatic nitrogens is 4. The van der Waals surface area contributed by atoms with Crippen LogP contribution >= 0.6 is 0 Å². The lowest BCUT2D eigenvalue weighted by Gasteiger charge is -2.13. The van der Waals surface area contributed by atoms with Gasteiger partial charge in [0.05, 0.1) is 11.4 Å². The minimum Gasteiger partial charge on any atom is -0.300 e.